The molecule has 0 spiro atoms. The summed E-state index contributed by atoms with van der Waals surface area (Å²) in [6.07, 6.45) is 0. The molecule has 0 saturated carbocycles. The van der Waals surface area contributed by atoms with Crippen molar-refractivity contribution in [2.75, 3.05) is 13.7 Å². The number of hydrogen-bond donors (Lipinski definition) is 1. The molecule has 1 N–H and O–H groups in total. The highest BCUT2D eigenvalue weighted by Gasteiger charge is 2.21. The van der Waals surface area contributed by atoms with E-state index in [2.05, 4.69) is 5.32 Å². The van der Waals surface area contributed by atoms with Crippen LogP contribution in [-0.4, -0.2) is 13.7 Å². The van der Waals surface area contributed by atoms with Crippen LogP contribution in [0.15, 0.2) is 28.7 Å². The zero-order chi connectivity index (χ0) is 15.4. The normalized spacial score (nSPS) is 12.6. The number of ether oxygens (including phenoxy) is 1. The Hall–Kier alpha value is -1.79. The van der Waals surface area contributed by atoms with Crippen molar-refractivity contribution in [2.45, 2.75) is 19.6 Å². The molecule has 6 heteroatoms. The summed E-state index contributed by atoms with van der Waals surface area (Å²) in [5.41, 5.74) is 0.256. The Morgan fingerprint density at radius 1 is 1.19 bits per heavy atom. The van der Waals surface area contributed by atoms with E-state index in [0.29, 0.717) is 24.7 Å². The minimum atomic E-state index is -1.48. The molecule has 1 aromatic carbocycles. The van der Waals surface area contributed by atoms with Crippen LogP contribution in [0.2, 0.25) is 0 Å². The maximum absolute atomic E-state index is 13.4. The predicted octanol–water partition coefficient (Wildman–Crippen LogP) is 3.54. The van der Waals surface area contributed by atoms with Gasteiger partial charge in [-0.25, -0.2) is 13.2 Å². The average molecular weight is 299 g/mol. The first-order valence-electron chi connectivity index (χ1n) is 6.52. The van der Waals surface area contributed by atoms with E-state index in [1.165, 1.54) is 7.11 Å². The van der Waals surface area contributed by atoms with Gasteiger partial charge in [0.15, 0.2) is 17.5 Å². The number of rotatable bonds is 6. The van der Waals surface area contributed by atoms with Gasteiger partial charge in [0, 0.05) is 7.11 Å². The minimum absolute atomic E-state index is 0.256. The third-order valence-electron chi connectivity index (χ3n) is 3.00. The molecule has 114 valence electrons. The van der Waals surface area contributed by atoms with Crippen LogP contribution in [0, 0.1) is 17.5 Å². The summed E-state index contributed by atoms with van der Waals surface area (Å²) in [7, 11) is 1.54. The molecule has 1 unspecified atom stereocenters. The van der Waals surface area contributed by atoms with E-state index in [1.54, 1.807) is 12.1 Å². The Labute approximate surface area is 120 Å². The molecule has 1 atom stereocenters. The first-order valence-corrected chi connectivity index (χ1v) is 6.52. The lowest BCUT2D eigenvalue weighted by Crippen LogP contribution is -2.22. The number of methoxy groups -OCH3 is 1. The van der Waals surface area contributed by atoms with Crippen molar-refractivity contribution in [3.05, 3.63) is 58.8 Å². The number of benzene rings is 1. The molecule has 1 heterocycles. The van der Waals surface area contributed by atoms with Gasteiger partial charge in [-0.2, -0.15) is 0 Å². The van der Waals surface area contributed by atoms with Crippen LogP contribution in [0.25, 0.3) is 0 Å². The number of furan rings is 1. The van der Waals surface area contributed by atoms with Crippen LogP contribution in [0.5, 0.6) is 0 Å². The summed E-state index contributed by atoms with van der Waals surface area (Å²) >= 11 is 0. The second kappa shape index (κ2) is 6.78. The minimum Gasteiger partial charge on any atom is -0.462 e. The number of nitrogens with one attached hydrogen (secondary N) is 1. The highest BCUT2D eigenvalue weighted by atomic mass is 19.2. The second-order valence-electron chi connectivity index (χ2n) is 4.53. The molecule has 0 aliphatic carbocycles. The zero-order valence-corrected chi connectivity index (χ0v) is 11.8. The Morgan fingerprint density at radius 3 is 2.43 bits per heavy atom. The molecule has 0 amide bonds. The number of hydrogen-bond acceptors (Lipinski definition) is 3. The topological polar surface area (TPSA) is 34.4 Å². The fraction of sp³-hybridized carbons (Fsp3) is 0.333. The van der Waals surface area contributed by atoms with Gasteiger partial charge in [-0.1, -0.05) is 6.92 Å². The van der Waals surface area contributed by atoms with Crippen molar-refractivity contribution in [3.63, 3.8) is 0 Å². The average Bonchev–Trinajstić information content (AvgIpc) is 2.90. The van der Waals surface area contributed by atoms with Gasteiger partial charge in [0.2, 0.25) is 0 Å². The van der Waals surface area contributed by atoms with Gasteiger partial charge in [0.05, 0.1) is 6.04 Å². The molecule has 1 aromatic heterocycles. The van der Waals surface area contributed by atoms with Crippen LogP contribution in [0.3, 0.4) is 0 Å². The van der Waals surface area contributed by atoms with Gasteiger partial charge in [0.25, 0.3) is 0 Å². The quantitative estimate of drug-likeness (QED) is 0.828. The molecule has 21 heavy (non-hydrogen) atoms. The lowest BCUT2D eigenvalue weighted by Gasteiger charge is -2.16. The highest BCUT2D eigenvalue weighted by molar-refractivity contribution is 5.29. The summed E-state index contributed by atoms with van der Waals surface area (Å²) in [5, 5.41) is 3.05. The molecule has 0 bridgehead atoms. The van der Waals surface area contributed by atoms with Crippen LogP contribution < -0.4 is 5.32 Å². The van der Waals surface area contributed by atoms with Crippen LogP contribution in [0.4, 0.5) is 13.2 Å². The summed E-state index contributed by atoms with van der Waals surface area (Å²) in [4.78, 5) is 0. The van der Waals surface area contributed by atoms with Gasteiger partial charge < -0.3 is 14.5 Å². The van der Waals surface area contributed by atoms with E-state index >= 15 is 0 Å². The van der Waals surface area contributed by atoms with E-state index < -0.39 is 23.5 Å². The third kappa shape index (κ3) is 3.46. The SMILES string of the molecule is CCNC(c1cc(F)c(F)c(F)c1)c1ccc(COC)o1. The first-order chi connectivity index (χ1) is 10.1. The summed E-state index contributed by atoms with van der Waals surface area (Å²) in [6, 6.07) is 4.78. The van der Waals surface area contributed by atoms with E-state index in [4.69, 9.17) is 9.15 Å². The Morgan fingerprint density at radius 2 is 1.86 bits per heavy atom. The fourth-order valence-corrected chi connectivity index (χ4v) is 2.10. The van der Waals surface area contributed by atoms with Crippen molar-refractivity contribution >= 4 is 0 Å². The monoisotopic (exact) mass is 299 g/mol. The van der Waals surface area contributed by atoms with Crippen molar-refractivity contribution in [1.29, 1.82) is 0 Å². The summed E-state index contributed by atoms with van der Waals surface area (Å²) in [5.74, 6) is -2.85. The van der Waals surface area contributed by atoms with E-state index in [9.17, 15) is 13.2 Å². The lowest BCUT2D eigenvalue weighted by atomic mass is 10.0. The Balaban J connectivity index is 2.37. The van der Waals surface area contributed by atoms with Crippen molar-refractivity contribution in [2.24, 2.45) is 0 Å². The predicted molar refractivity (Wildman–Crippen MR) is 71.3 cm³/mol. The Kier molecular flexibility index (Phi) is 5.03. The maximum Gasteiger partial charge on any atom is 0.194 e. The van der Waals surface area contributed by atoms with E-state index in [-0.39, 0.29) is 5.56 Å². The molecule has 0 saturated heterocycles. The molecule has 3 nitrogen and oxygen atoms in total. The molecular formula is C15H16F3NO2. The van der Waals surface area contributed by atoms with E-state index in [0.717, 1.165) is 12.1 Å². The molecule has 2 rings (SSSR count). The maximum atomic E-state index is 13.4. The van der Waals surface area contributed by atoms with Gasteiger partial charge in [-0.15, -0.1) is 0 Å². The highest BCUT2D eigenvalue weighted by Crippen LogP contribution is 2.26. The standard InChI is InChI=1S/C15H16F3NO2/c1-3-19-15(13-5-4-10(21-13)8-20-2)9-6-11(16)14(18)12(17)7-9/h4-7,15,19H,3,8H2,1-2H3. The molecule has 0 aliphatic rings. The Bertz CT molecular complexity index is 590. The largest absolute Gasteiger partial charge is 0.462 e. The van der Waals surface area contributed by atoms with Crippen molar-refractivity contribution < 1.29 is 22.3 Å². The third-order valence-corrected chi connectivity index (χ3v) is 3.00. The van der Waals surface area contributed by atoms with Gasteiger partial charge in [-0.05, 0) is 36.4 Å². The van der Waals surface area contributed by atoms with Gasteiger partial charge in [-0.3, -0.25) is 0 Å². The first kappa shape index (κ1) is 15.6. The summed E-state index contributed by atoms with van der Waals surface area (Å²) < 4.78 is 50.4. The lowest BCUT2D eigenvalue weighted by molar-refractivity contribution is 0.162. The van der Waals surface area contributed by atoms with Crippen LogP contribution >= 0.6 is 0 Å². The van der Waals surface area contributed by atoms with E-state index in [1.807, 2.05) is 6.92 Å². The van der Waals surface area contributed by atoms with Crippen LogP contribution in [-0.2, 0) is 11.3 Å². The van der Waals surface area contributed by atoms with Crippen molar-refractivity contribution in [3.8, 4) is 0 Å². The number of halogens is 3. The van der Waals surface area contributed by atoms with Crippen molar-refractivity contribution in [1.82, 2.24) is 5.32 Å². The molecule has 2 aromatic rings. The van der Waals surface area contributed by atoms with Crippen LogP contribution in [0.1, 0.15) is 30.0 Å². The zero-order valence-electron chi connectivity index (χ0n) is 11.8. The smallest absolute Gasteiger partial charge is 0.194 e. The molecule has 0 aliphatic heterocycles. The second-order valence-corrected chi connectivity index (χ2v) is 4.53. The van der Waals surface area contributed by atoms with Gasteiger partial charge >= 0.3 is 0 Å². The van der Waals surface area contributed by atoms with Gasteiger partial charge in [0.1, 0.15) is 18.1 Å². The fourth-order valence-electron chi connectivity index (χ4n) is 2.10. The molecular weight excluding hydrogens is 283 g/mol. The molecule has 0 radical (unpaired) electrons. The summed E-state index contributed by atoms with van der Waals surface area (Å²) in [6.45, 7) is 2.69. The molecule has 0 fully saturated rings.